The highest BCUT2D eigenvalue weighted by atomic mass is 127. The molecule has 3 aromatic rings. The van der Waals surface area contributed by atoms with Gasteiger partial charge in [-0.15, -0.1) is 0 Å². The summed E-state index contributed by atoms with van der Waals surface area (Å²) in [5.41, 5.74) is 8.84. The van der Waals surface area contributed by atoms with Gasteiger partial charge < -0.3 is 5.73 Å². The van der Waals surface area contributed by atoms with Gasteiger partial charge in [-0.3, -0.25) is 0 Å². The molecule has 0 aromatic heterocycles. The molecule has 0 aliphatic heterocycles. The van der Waals surface area contributed by atoms with E-state index in [-0.39, 0.29) is 6.04 Å². The van der Waals surface area contributed by atoms with Gasteiger partial charge in [0.05, 0.1) is 6.04 Å². The molecule has 3 heteroatoms. The lowest BCUT2D eigenvalue weighted by Gasteiger charge is -2.17. The Hall–Kier alpha value is -0.910. The molecule has 0 radical (unpaired) electrons. The van der Waals surface area contributed by atoms with Gasteiger partial charge in [-0.25, -0.2) is 0 Å². The second-order valence-corrected chi connectivity index (χ2v) is 6.70. The number of fused-ring (bicyclic) bond motifs is 1. The van der Waals surface area contributed by atoms with Crippen molar-refractivity contribution in [3.63, 3.8) is 0 Å². The number of hydrogen-bond acceptors (Lipinski definition) is 1. The molecular formula is C17H13BrIN. The summed E-state index contributed by atoms with van der Waals surface area (Å²) in [6, 6.07) is 20.7. The molecular weight excluding hydrogens is 425 g/mol. The topological polar surface area (TPSA) is 26.0 Å². The molecule has 3 aromatic carbocycles. The number of rotatable bonds is 2. The number of halogens is 2. The Kier molecular flexibility index (Phi) is 4.10. The van der Waals surface area contributed by atoms with Crippen molar-refractivity contribution in [3.05, 3.63) is 79.8 Å². The average Bonchev–Trinajstić information content (AvgIpc) is 2.48. The van der Waals surface area contributed by atoms with Crippen molar-refractivity contribution in [2.75, 3.05) is 0 Å². The highest BCUT2D eigenvalue weighted by Gasteiger charge is 2.15. The van der Waals surface area contributed by atoms with Gasteiger partial charge >= 0.3 is 0 Å². The van der Waals surface area contributed by atoms with Gasteiger partial charge in [-0.1, -0.05) is 64.5 Å². The van der Waals surface area contributed by atoms with Gasteiger partial charge in [0.15, 0.2) is 0 Å². The monoisotopic (exact) mass is 437 g/mol. The summed E-state index contributed by atoms with van der Waals surface area (Å²) in [6.45, 7) is 0. The Balaban J connectivity index is 2.20. The lowest BCUT2D eigenvalue weighted by atomic mass is 9.94. The lowest BCUT2D eigenvalue weighted by Crippen LogP contribution is -2.13. The molecule has 0 bridgehead atoms. The van der Waals surface area contributed by atoms with Crippen LogP contribution in [-0.4, -0.2) is 0 Å². The molecule has 1 nitrogen and oxygen atoms in total. The first kappa shape index (κ1) is 14.0. The number of benzene rings is 3. The maximum absolute atomic E-state index is 6.51. The average molecular weight is 438 g/mol. The fourth-order valence-electron chi connectivity index (χ4n) is 2.45. The van der Waals surface area contributed by atoms with E-state index in [4.69, 9.17) is 5.73 Å². The Morgan fingerprint density at radius 1 is 0.800 bits per heavy atom. The largest absolute Gasteiger partial charge is 0.320 e. The normalized spacial score (nSPS) is 12.6. The Morgan fingerprint density at radius 3 is 2.20 bits per heavy atom. The van der Waals surface area contributed by atoms with Crippen LogP contribution >= 0.6 is 38.5 Å². The molecule has 2 N–H and O–H groups in total. The lowest BCUT2D eigenvalue weighted by molar-refractivity contribution is 0.874. The molecule has 0 saturated carbocycles. The summed E-state index contributed by atoms with van der Waals surface area (Å²) in [5.74, 6) is 0. The Morgan fingerprint density at radius 2 is 1.45 bits per heavy atom. The Bertz CT molecular complexity index is 770. The number of nitrogens with two attached hydrogens (primary N) is 1. The first-order chi connectivity index (χ1) is 9.68. The summed E-state index contributed by atoms with van der Waals surface area (Å²) in [7, 11) is 0. The summed E-state index contributed by atoms with van der Waals surface area (Å²) >= 11 is 5.95. The molecule has 100 valence electrons. The zero-order chi connectivity index (χ0) is 14.1. The molecule has 3 rings (SSSR count). The van der Waals surface area contributed by atoms with E-state index in [0.29, 0.717) is 0 Å². The standard InChI is InChI=1S/C17H13BrIN/c18-15-10-9-13(11-5-1-2-6-12(11)15)17(20)14-7-3-4-8-16(14)19/h1-10,17H,20H2. The first-order valence-corrected chi connectivity index (χ1v) is 8.23. The van der Waals surface area contributed by atoms with Crippen LogP contribution in [0.25, 0.3) is 10.8 Å². The van der Waals surface area contributed by atoms with E-state index in [1.54, 1.807) is 0 Å². The molecule has 0 heterocycles. The predicted molar refractivity (Wildman–Crippen MR) is 96.8 cm³/mol. The van der Waals surface area contributed by atoms with Crippen molar-refractivity contribution in [2.24, 2.45) is 5.73 Å². The van der Waals surface area contributed by atoms with Gasteiger partial charge in [0, 0.05) is 8.04 Å². The first-order valence-electron chi connectivity index (χ1n) is 6.35. The van der Waals surface area contributed by atoms with Crippen LogP contribution in [0.1, 0.15) is 17.2 Å². The van der Waals surface area contributed by atoms with Crippen LogP contribution in [0.5, 0.6) is 0 Å². The van der Waals surface area contributed by atoms with E-state index >= 15 is 0 Å². The third kappa shape index (κ3) is 2.50. The molecule has 0 aliphatic carbocycles. The molecule has 0 spiro atoms. The van der Waals surface area contributed by atoms with Gasteiger partial charge in [0.2, 0.25) is 0 Å². The van der Waals surface area contributed by atoms with Crippen molar-refractivity contribution in [1.29, 1.82) is 0 Å². The van der Waals surface area contributed by atoms with Crippen LogP contribution in [0.15, 0.2) is 65.1 Å². The molecule has 0 saturated heterocycles. The van der Waals surface area contributed by atoms with Crippen molar-refractivity contribution in [3.8, 4) is 0 Å². The zero-order valence-corrected chi connectivity index (χ0v) is 14.4. The third-order valence-corrected chi connectivity index (χ3v) is 5.15. The van der Waals surface area contributed by atoms with Crippen LogP contribution in [0.3, 0.4) is 0 Å². The van der Waals surface area contributed by atoms with E-state index < -0.39 is 0 Å². The van der Waals surface area contributed by atoms with E-state index in [9.17, 15) is 0 Å². The second kappa shape index (κ2) is 5.84. The summed E-state index contributed by atoms with van der Waals surface area (Å²) in [6.07, 6.45) is 0. The maximum Gasteiger partial charge on any atom is 0.0568 e. The van der Waals surface area contributed by atoms with E-state index in [2.05, 4.69) is 87.1 Å². The zero-order valence-electron chi connectivity index (χ0n) is 10.7. The highest BCUT2D eigenvalue weighted by molar-refractivity contribution is 14.1. The van der Waals surface area contributed by atoms with Crippen molar-refractivity contribution in [2.45, 2.75) is 6.04 Å². The summed E-state index contributed by atoms with van der Waals surface area (Å²) in [5, 5.41) is 2.40. The highest BCUT2D eigenvalue weighted by Crippen LogP contribution is 2.33. The SMILES string of the molecule is NC(c1ccccc1I)c1ccc(Br)c2ccccc12. The van der Waals surface area contributed by atoms with Gasteiger partial charge in [-0.2, -0.15) is 0 Å². The van der Waals surface area contributed by atoms with Crippen LogP contribution in [0.2, 0.25) is 0 Å². The van der Waals surface area contributed by atoms with Crippen molar-refractivity contribution < 1.29 is 0 Å². The summed E-state index contributed by atoms with van der Waals surface area (Å²) in [4.78, 5) is 0. The minimum atomic E-state index is -0.110. The Labute approximate surface area is 140 Å². The predicted octanol–water partition coefficient (Wildman–Crippen LogP) is 5.26. The van der Waals surface area contributed by atoms with Crippen LogP contribution in [0, 0.1) is 3.57 Å². The summed E-state index contributed by atoms with van der Waals surface area (Å²) < 4.78 is 2.30. The molecule has 0 amide bonds. The minimum absolute atomic E-state index is 0.110. The van der Waals surface area contributed by atoms with Crippen LogP contribution < -0.4 is 5.73 Å². The maximum atomic E-state index is 6.51. The smallest absolute Gasteiger partial charge is 0.0568 e. The van der Waals surface area contributed by atoms with E-state index in [0.717, 1.165) is 10.0 Å². The molecule has 1 atom stereocenters. The van der Waals surface area contributed by atoms with Gasteiger partial charge in [-0.05, 0) is 56.6 Å². The van der Waals surface area contributed by atoms with Crippen molar-refractivity contribution >= 4 is 49.3 Å². The van der Waals surface area contributed by atoms with Crippen molar-refractivity contribution in [1.82, 2.24) is 0 Å². The molecule has 0 aliphatic rings. The minimum Gasteiger partial charge on any atom is -0.320 e. The van der Waals surface area contributed by atoms with E-state index in [1.165, 1.54) is 19.9 Å². The molecule has 20 heavy (non-hydrogen) atoms. The van der Waals surface area contributed by atoms with Gasteiger partial charge in [0.25, 0.3) is 0 Å². The third-order valence-electron chi connectivity index (χ3n) is 3.48. The quantitative estimate of drug-likeness (QED) is 0.544. The number of hydrogen-bond donors (Lipinski definition) is 1. The molecule has 1 unspecified atom stereocenters. The fraction of sp³-hybridized carbons (Fsp3) is 0.0588. The second-order valence-electron chi connectivity index (χ2n) is 4.68. The molecule has 0 fully saturated rings. The van der Waals surface area contributed by atoms with Crippen LogP contribution in [-0.2, 0) is 0 Å². The van der Waals surface area contributed by atoms with Gasteiger partial charge in [0.1, 0.15) is 0 Å². The van der Waals surface area contributed by atoms with Crippen LogP contribution in [0.4, 0.5) is 0 Å². The fourth-order valence-corrected chi connectivity index (χ4v) is 3.65. The van der Waals surface area contributed by atoms with E-state index in [1.807, 2.05) is 12.1 Å².